The van der Waals surface area contributed by atoms with Crippen molar-refractivity contribution in [3.63, 3.8) is 0 Å². The zero-order chi connectivity index (χ0) is 17.8. The maximum atomic E-state index is 12.9. The number of piperazine rings is 1. The third kappa shape index (κ3) is 3.85. The second kappa shape index (κ2) is 7.44. The summed E-state index contributed by atoms with van der Waals surface area (Å²) in [6.45, 7) is 2.17. The van der Waals surface area contributed by atoms with Gasteiger partial charge < -0.3 is 9.80 Å². The molecule has 3 rings (SSSR count). The predicted molar refractivity (Wildman–Crippen MR) is 95.2 cm³/mol. The molecule has 0 saturated carbocycles. The molecule has 0 bridgehead atoms. The quantitative estimate of drug-likeness (QED) is 0.634. The summed E-state index contributed by atoms with van der Waals surface area (Å²) >= 11 is 0. The standard InChI is InChI=1S/C19H21N3O3/c1-20-11-12-21(18(14-20)15-7-3-2-4-8-15)19(23)13-16-9-5-6-10-17(16)22(24)25/h2-10,18H,11-14H2,1H3/t18-/m0/s1. The SMILES string of the molecule is CN1CCN(C(=O)Cc2ccccc2[N+](=O)[O-])[C@H](c2ccccc2)C1. The molecule has 1 fully saturated rings. The molecule has 1 heterocycles. The highest BCUT2D eigenvalue weighted by molar-refractivity contribution is 5.80. The van der Waals surface area contributed by atoms with E-state index in [1.54, 1.807) is 18.2 Å². The van der Waals surface area contributed by atoms with Gasteiger partial charge in [-0.2, -0.15) is 0 Å². The molecule has 2 aromatic carbocycles. The topological polar surface area (TPSA) is 66.7 Å². The molecule has 0 N–H and O–H groups in total. The Morgan fingerprint density at radius 3 is 2.52 bits per heavy atom. The lowest BCUT2D eigenvalue weighted by atomic mass is 10.0. The van der Waals surface area contributed by atoms with Crippen LogP contribution in [0.4, 0.5) is 5.69 Å². The van der Waals surface area contributed by atoms with E-state index in [1.807, 2.05) is 42.3 Å². The summed E-state index contributed by atoms with van der Waals surface area (Å²) in [7, 11) is 2.04. The molecule has 1 saturated heterocycles. The fourth-order valence-corrected chi connectivity index (χ4v) is 3.28. The Kier molecular flexibility index (Phi) is 5.09. The second-order valence-corrected chi connectivity index (χ2v) is 6.34. The highest BCUT2D eigenvalue weighted by Crippen LogP contribution is 2.27. The van der Waals surface area contributed by atoms with Gasteiger partial charge in [-0.05, 0) is 12.6 Å². The summed E-state index contributed by atoms with van der Waals surface area (Å²) < 4.78 is 0. The van der Waals surface area contributed by atoms with Crippen LogP contribution in [0.2, 0.25) is 0 Å². The van der Waals surface area contributed by atoms with E-state index in [1.165, 1.54) is 6.07 Å². The van der Waals surface area contributed by atoms with Crippen LogP contribution in [0.15, 0.2) is 54.6 Å². The van der Waals surface area contributed by atoms with Crippen molar-refractivity contribution in [2.75, 3.05) is 26.7 Å². The van der Waals surface area contributed by atoms with Gasteiger partial charge in [0.2, 0.25) is 5.91 Å². The summed E-state index contributed by atoms with van der Waals surface area (Å²) in [5, 5.41) is 11.2. The van der Waals surface area contributed by atoms with Gasteiger partial charge in [-0.25, -0.2) is 0 Å². The molecule has 2 aromatic rings. The lowest BCUT2D eigenvalue weighted by Crippen LogP contribution is -2.49. The van der Waals surface area contributed by atoms with Crippen molar-refractivity contribution in [2.45, 2.75) is 12.5 Å². The van der Waals surface area contributed by atoms with Crippen LogP contribution in [0, 0.1) is 10.1 Å². The number of carbonyl (C=O) groups is 1. The molecular weight excluding hydrogens is 318 g/mol. The summed E-state index contributed by atoms with van der Waals surface area (Å²) in [5.74, 6) is -0.0729. The lowest BCUT2D eigenvalue weighted by Gasteiger charge is -2.40. The number of benzene rings is 2. The van der Waals surface area contributed by atoms with Crippen molar-refractivity contribution < 1.29 is 9.72 Å². The predicted octanol–water partition coefficient (Wildman–Crippen LogP) is 2.65. The fraction of sp³-hybridized carbons (Fsp3) is 0.316. The molecule has 0 unspecified atom stereocenters. The molecule has 0 spiro atoms. The van der Waals surface area contributed by atoms with Gasteiger partial charge in [-0.3, -0.25) is 14.9 Å². The van der Waals surface area contributed by atoms with Gasteiger partial charge in [0.05, 0.1) is 17.4 Å². The Labute approximate surface area is 146 Å². The van der Waals surface area contributed by atoms with Gasteiger partial charge in [0, 0.05) is 31.3 Å². The molecule has 25 heavy (non-hydrogen) atoms. The number of nitrogens with zero attached hydrogens (tertiary/aromatic N) is 3. The number of amides is 1. The van der Waals surface area contributed by atoms with Crippen LogP contribution in [0.5, 0.6) is 0 Å². The third-order valence-electron chi connectivity index (χ3n) is 4.62. The third-order valence-corrected chi connectivity index (χ3v) is 4.62. The van der Waals surface area contributed by atoms with E-state index in [0.717, 1.165) is 18.7 Å². The molecule has 0 aliphatic carbocycles. The summed E-state index contributed by atoms with van der Waals surface area (Å²) in [4.78, 5) is 27.7. The first-order valence-corrected chi connectivity index (χ1v) is 8.31. The molecule has 6 nitrogen and oxygen atoms in total. The molecule has 130 valence electrons. The van der Waals surface area contributed by atoms with Crippen molar-refractivity contribution in [3.8, 4) is 0 Å². The summed E-state index contributed by atoms with van der Waals surface area (Å²) in [6.07, 6.45) is 0.0458. The Balaban J connectivity index is 1.84. The number of carbonyl (C=O) groups excluding carboxylic acids is 1. The van der Waals surface area contributed by atoms with Crippen LogP contribution >= 0.6 is 0 Å². The van der Waals surface area contributed by atoms with E-state index in [2.05, 4.69) is 4.90 Å². The van der Waals surface area contributed by atoms with E-state index >= 15 is 0 Å². The van der Waals surface area contributed by atoms with Gasteiger partial charge in [-0.15, -0.1) is 0 Å². The van der Waals surface area contributed by atoms with Gasteiger partial charge in [-0.1, -0.05) is 48.5 Å². The Morgan fingerprint density at radius 1 is 1.12 bits per heavy atom. The zero-order valence-corrected chi connectivity index (χ0v) is 14.2. The van der Waals surface area contributed by atoms with Gasteiger partial charge in [0.25, 0.3) is 5.69 Å². The summed E-state index contributed by atoms with van der Waals surface area (Å²) in [5.41, 5.74) is 1.55. The maximum Gasteiger partial charge on any atom is 0.273 e. The molecule has 1 atom stereocenters. The average molecular weight is 339 g/mol. The van der Waals surface area contributed by atoms with Crippen LogP contribution in [0.1, 0.15) is 17.2 Å². The van der Waals surface area contributed by atoms with Crippen molar-refractivity contribution in [3.05, 3.63) is 75.8 Å². The van der Waals surface area contributed by atoms with Crippen molar-refractivity contribution in [1.29, 1.82) is 0 Å². The zero-order valence-electron chi connectivity index (χ0n) is 14.2. The van der Waals surface area contributed by atoms with Crippen LogP contribution < -0.4 is 0 Å². The van der Waals surface area contributed by atoms with E-state index < -0.39 is 4.92 Å². The number of rotatable bonds is 4. The fourth-order valence-electron chi connectivity index (χ4n) is 3.28. The van der Waals surface area contributed by atoms with E-state index in [4.69, 9.17) is 0 Å². The number of hydrogen-bond donors (Lipinski definition) is 0. The number of nitro groups is 1. The molecule has 6 heteroatoms. The van der Waals surface area contributed by atoms with E-state index in [9.17, 15) is 14.9 Å². The van der Waals surface area contributed by atoms with E-state index in [0.29, 0.717) is 12.1 Å². The Bertz CT molecular complexity index is 764. The molecular formula is C19H21N3O3. The molecule has 1 aliphatic heterocycles. The molecule has 0 radical (unpaired) electrons. The lowest BCUT2D eigenvalue weighted by molar-refractivity contribution is -0.385. The van der Waals surface area contributed by atoms with Crippen LogP contribution in [-0.4, -0.2) is 47.3 Å². The maximum absolute atomic E-state index is 12.9. The molecule has 0 aromatic heterocycles. The van der Waals surface area contributed by atoms with Gasteiger partial charge in [0.15, 0.2) is 0 Å². The van der Waals surface area contributed by atoms with E-state index in [-0.39, 0.29) is 24.1 Å². The number of nitro benzene ring substituents is 1. The highest BCUT2D eigenvalue weighted by atomic mass is 16.6. The number of hydrogen-bond acceptors (Lipinski definition) is 4. The van der Waals surface area contributed by atoms with Crippen LogP contribution in [-0.2, 0) is 11.2 Å². The van der Waals surface area contributed by atoms with Gasteiger partial charge >= 0.3 is 0 Å². The monoisotopic (exact) mass is 339 g/mol. The molecule has 1 amide bonds. The van der Waals surface area contributed by atoms with Crippen LogP contribution in [0.3, 0.4) is 0 Å². The first-order valence-electron chi connectivity index (χ1n) is 8.31. The minimum atomic E-state index is -0.429. The van der Waals surface area contributed by atoms with Crippen LogP contribution in [0.25, 0.3) is 0 Å². The summed E-state index contributed by atoms with van der Waals surface area (Å²) in [6, 6.07) is 16.4. The highest BCUT2D eigenvalue weighted by Gasteiger charge is 2.31. The number of likely N-dealkylation sites (N-methyl/N-ethyl adjacent to an activating group) is 1. The van der Waals surface area contributed by atoms with Crippen molar-refractivity contribution in [2.24, 2.45) is 0 Å². The molecule has 1 aliphatic rings. The second-order valence-electron chi connectivity index (χ2n) is 6.34. The smallest absolute Gasteiger partial charge is 0.273 e. The van der Waals surface area contributed by atoms with Crippen molar-refractivity contribution in [1.82, 2.24) is 9.80 Å². The minimum absolute atomic E-state index is 0.00115. The van der Waals surface area contributed by atoms with Gasteiger partial charge in [0.1, 0.15) is 0 Å². The average Bonchev–Trinajstić information content (AvgIpc) is 2.62. The largest absolute Gasteiger partial charge is 0.333 e. The van der Waals surface area contributed by atoms with Crippen molar-refractivity contribution >= 4 is 11.6 Å². The Morgan fingerprint density at radius 2 is 1.80 bits per heavy atom. The first kappa shape index (κ1) is 17.1. The Hall–Kier alpha value is -2.73. The minimum Gasteiger partial charge on any atom is -0.333 e. The number of para-hydroxylation sites is 1. The normalized spacial score (nSPS) is 18.1. The first-order chi connectivity index (χ1) is 12.1.